The molecule has 9 heteroatoms. The third-order valence-corrected chi connectivity index (χ3v) is 4.71. The van der Waals surface area contributed by atoms with E-state index in [2.05, 4.69) is 20.7 Å². The number of nitrogens with zero attached hydrogens (tertiary/aromatic N) is 2. The number of ether oxygens (including phenoxy) is 4. The smallest absolute Gasteiger partial charge is 0.224 e. The lowest BCUT2D eigenvalue weighted by Crippen LogP contribution is -2.11. The van der Waals surface area contributed by atoms with Gasteiger partial charge in [0.2, 0.25) is 11.7 Å². The minimum absolute atomic E-state index is 0.0806. The molecule has 2 N–H and O–H groups in total. The van der Waals surface area contributed by atoms with Crippen LogP contribution in [0.5, 0.6) is 23.0 Å². The molecule has 0 unspecified atom stereocenters. The lowest BCUT2D eigenvalue weighted by Gasteiger charge is -2.14. The Hall–Kier alpha value is -3.75. The number of anilines is 1. The van der Waals surface area contributed by atoms with E-state index in [4.69, 9.17) is 18.9 Å². The van der Waals surface area contributed by atoms with Gasteiger partial charge in [-0.1, -0.05) is 6.92 Å². The topological polar surface area (TPSA) is 108 Å². The van der Waals surface area contributed by atoms with Crippen molar-refractivity contribution >= 4 is 11.6 Å². The van der Waals surface area contributed by atoms with Gasteiger partial charge in [-0.3, -0.25) is 4.79 Å². The second kappa shape index (κ2) is 9.84. The van der Waals surface area contributed by atoms with Gasteiger partial charge in [0.25, 0.3) is 0 Å². The molecule has 0 bridgehead atoms. The second-order valence-electron chi connectivity index (χ2n) is 6.65. The third-order valence-electron chi connectivity index (χ3n) is 4.71. The Morgan fingerprint density at radius 2 is 1.48 bits per heavy atom. The largest absolute Gasteiger partial charge is 0.495 e. The molecule has 1 heterocycles. The monoisotopic (exact) mass is 426 g/mol. The first-order valence-corrected chi connectivity index (χ1v) is 9.75. The maximum Gasteiger partial charge on any atom is 0.224 e. The molecule has 9 nitrogen and oxygen atoms in total. The number of aromatic nitrogens is 3. The van der Waals surface area contributed by atoms with Crippen molar-refractivity contribution in [2.75, 3.05) is 33.8 Å². The third kappa shape index (κ3) is 4.55. The molecular formula is C22H26N4O5. The lowest BCUT2D eigenvalue weighted by atomic mass is 10.0. The maximum absolute atomic E-state index is 12.1. The molecule has 0 radical (unpaired) electrons. The molecule has 0 saturated carbocycles. The molecule has 0 aliphatic carbocycles. The highest BCUT2D eigenvalue weighted by Crippen LogP contribution is 2.42. The normalized spacial score (nSPS) is 10.5. The highest BCUT2D eigenvalue weighted by Gasteiger charge is 2.20. The van der Waals surface area contributed by atoms with Crippen molar-refractivity contribution in [2.45, 2.75) is 19.8 Å². The number of amides is 1. The first-order chi connectivity index (χ1) is 15.1. The van der Waals surface area contributed by atoms with Crippen molar-refractivity contribution in [3.63, 3.8) is 0 Å². The summed E-state index contributed by atoms with van der Waals surface area (Å²) in [4.78, 5) is 12.1. The van der Waals surface area contributed by atoms with Gasteiger partial charge in [-0.25, -0.2) is 0 Å². The summed E-state index contributed by atoms with van der Waals surface area (Å²) in [5.74, 6) is 1.99. The van der Waals surface area contributed by atoms with Crippen molar-refractivity contribution < 1.29 is 23.7 Å². The van der Waals surface area contributed by atoms with Crippen LogP contribution in [-0.2, 0) is 4.79 Å². The fourth-order valence-electron chi connectivity index (χ4n) is 3.24. The summed E-state index contributed by atoms with van der Waals surface area (Å²) < 4.78 is 21.7. The van der Waals surface area contributed by atoms with Gasteiger partial charge < -0.3 is 24.3 Å². The Labute approximate surface area is 180 Å². The number of hydrogen-bond acceptors (Lipinski definition) is 7. The fraction of sp³-hybridized carbons (Fsp3) is 0.318. The Bertz CT molecular complexity index is 1040. The van der Waals surface area contributed by atoms with E-state index in [0.717, 1.165) is 17.5 Å². The van der Waals surface area contributed by atoms with Crippen molar-refractivity contribution in [2.24, 2.45) is 0 Å². The predicted molar refractivity (Wildman–Crippen MR) is 117 cm³/mol. The van der Waals surface area contributed by atoms with Crippen molar-refractivity contribution in [3.05, 3.63) is 30.3 Å². The van der Waals surface area contributed by atoms with Crippen LogP contribution in [0, 0.1) is 0 Å². The van der Waals surface area contributed by atoms with Crippen LogP contribution >= 0.6 is 0 Å². The van der Waals surface area contributed by atoms with E-state index >= 15 is 0 Å². The Morgan fingerprint density at radius 3 is 2.03 bits per heavy atom. The van der Waals surface area contributed by atoms with E-state index in [1.54, 1.807) is 46.6 Å². The van der Waals surface area contributed by atoms with Gasteiger partial charge in [0.15, 0.2) is 11.5 Å². The summed E-state index contributed by atoms with van der Waals surface area (Å²) in [7, 11) is 6.22. The van der Waals surface area contributed by atoms with E-state index in [-0.39, 0.29) is 5.91 Å². The highest BCUT2D eigenvalue weighted by atomic mass is 16.5. The first-order valence-electron chi connectivity index (χ1n) is 9.75. The van der Waals surface area contributed by atoms with Crippen LogP contribution in [-0.4, -0.2) is 49.8 Å². The molecule has 0 atom stereocenters. The minimum atomic E-state index is -0.0806. The number of carbonyl (C=O) groups excluding carboxylic acids is 1. The molecule has 0 saturated heterocycles. The number of benzene rings is 2. The first kappa shape index (κ1) is 21.9. The van der Waals surface area contributed by atoms with Gasteiger partial charge in [-0.15, -0.1) is 0 Å². The second-order valence-corrected chi connectivity index (χ2v) is 6.65. The molecular weight excluding hydrogens is 400 g/mol. The summed E-state index contributed by atoms with van der Waals surface area (Å²) in [5, 5.41) is 14.2. The van der Waals surface area contributed by atoms with Gasteiger partial charge in [-0.05, 0) is 36.8 Å². The zero-order valence-corrected chi connectivity index (χ0v) is 18.2. The van der Waals surface area contributed by atoms with Gasteiger partial charge >= 0.3 is 0 Å². The molecule has 164 valence electrons. The van der Waals surface area contributed by atoms with Gasteiger partial charge in [0.05, 0.1) is 34.1 Å². The van der Waals surface area contributed by atoms with E-state index in [1.807, 2.05) is 19.1 Å². The Morgan fingerprint density at radius 1 is 0.871 bits per heavy atom. The summed E-state index contributed by atoms with van der Waals surface area (Å²) in [6.45, 7) is 1.95. The molecule has 3 aromatic rings. The number of H-pyrrole nitrogens is 1. The summed E-state index contributed by atoms with van der Waals surface area (Å²) >= 11 is 0. The molecule has 0 spiro atoms. The van der Waals surface area contributed by atoms with E-state index in [1.165, 1.54) is 0 Å². The molecule has 1 aromatic heterocycles. The average molecular weight is 426 g/mol. The van der Waals surface area contributed by atoms with Crippen LogP contribution in [0.4, 0.5) is 5.69 Å². The highest BCUT2D eigenvalue weighted by molar-refractivity contribution is 5.93. The van der Waals surface area contributed by atoms with Crippen LogP contribution in [0.1, 0.15) is 19.8 Å². The molecule has 3 rings (SSSR count). The predicted octanol–water partition coefficient (Wildman–Crippen LogP) is 3.91. The van der Waals surface area contributed by atoms with Crippen molar-refractivity contribution in [3.8, 4) is 45.5 Å². The van der Waals surface area contributed by atoms with Gasteiger partial charge in [0, 0.05) is 17.5 Å². The van der Waals surface area contributed by atoms with E-state index in [0.29, 0.717) is 46.5 Å². The average Bonchev–Trinajstić information content (AvgIpc) is 3.28. The number of methoxy groups -OCH3 is 4. The van der Waals surface area contributed by atoms with Crippen molar-refractivity contribution in [1.29, 1.82) is 0 Å². The van der Waals surface area contributed by atoms with Crippen LogP contribution in [0.3, 0.4) is 0 Å². The zero-order valence-electron chi connectivity index (χ0n) is 18.2. The van der Waals surface area contributed by atoms with E-state index < -0.39 is 0 Å². The van der Waals surface area contributed by atoms with Crippen LogP contribution in [0.25, 0.3) is 22.5 Å². The standard InChI is InChI=1S/C22H26N4O5/c1-6-7-19(27)23-15-10-13(8-9-16(15)28-2)20-21(25-26-24-20)14-11-17(29-3)22(31-5)18(12-14)30-4/h8-12H,6-7H2,1-5H3,(H,23,27)(H,24,25,26). The number of aromatic amines is 1. The summed E-state index contributed by atoms with van der Waals surface area (Å²) in [6.07, 6.45) is 1.18. The summed E-state index contributed by atoms with van der Waals surface area (Å²) in [6, 6.07) is 9.05. The van der Waals surface area contributed by atoms with Crippen LogP contribution < -0.4 is 24.3 Å². The molecule has 0 aliphatic heterocycles. The minimum Gasteiger partial charge on any atom is -0.495 e. The summed E-state index contributed by atoms with van der Waals surface area (Å²) in [5.41, 5.74) is 3.24. The molecule has 31 heavy (non-hydrogen) atoms. The Balaban J connectivity index is 2.07. The van der Waals surface area contributed by atoms with Gasteiger partial charge in [-0.2, -0.15) is 15.4 Å². The van der Waals surface area contributed by atoms with Crippen LogP contribution in [0.2, 0.25) is 0 Å². The fourth-order valence-corrected chi connectivity index (χ4v) is 3.24. The Kier molecular flexibility index (Phi) is 6.96. The number of rotatable bonds is 9. The number of nitrogens with one attached hydrogen (secondary N) is 2. The zero-order chi connectivity index (χ0) is 22.4. The maximum atomic E-state index is 12.1. The molecule has 0 fully saturated rings. The molecule has 2 aromatic carbocycles. The van der Waals surface area contributed by atoms with Gasteiger partial charge in [0.1, 0.15) is 17.1 Å². The SMILES string of the molecule is CCCC(=O)Nc1cc(-c2n[nH]nc2-c2cc(OC)c(OC)c(OC)c2)ccc1OC. The number of hydrogen-bond donors (Lipinski definition) is 2. The quantitative estimate of drug-likeness (QED) is 0.534. The molecule has 0 aliphatic rings. The number of carbonyl (C=O) groups is 1. The van der Waals surface area contributed by atoms with E-state index in [9.17, 15) is 4.79 Å². The molecule has 1 amide bonds. The van der Waals surface area contributed by atoms with Crippen molar-refractivity contribution in [1.82, 2.24) is 15.4 Å². The van der Waals surface area contributed by atoms with Crippen LogP contribution in [0.15, 0.2) is 30.3 Å². The lowest BCUT2D eigenvalue weighted by molar-refractivity contribution is -0.116.